The number of hydrazine groups is 1. The summed E-state index contributed by atoms with van der Waals surface area (Å²) < 4.78 is 12.1. The molecule has 2 aliphatic heterocycles. The Hall–Kier alpha value is -2.02. The van der Waals surface area contributed by atoms with Gasteiger partial charge < -0.3 is 5.32 Å². The van der Waals surface area contributed by atoms with Crippen LogP contribution in [0.5, 0.6) is 0 Å². The van der Waals surface area contributed by atoms with Crippen molar-refractivity contribution < 1.29 is 9.00 Å². The lowest BCUT2D eigenvalue weighted by Gasteiger charge is -2.47. The second-order valence-electron chi connectivity index (χ2n) is 8.80. The molecule has 0 bridgehead atoms. The summed E-state index contributed by atoms with van der Waals surface area (Å²) in [6, 6.07) is 18.6. The highest BCUT2D eigenvalue weighted by atomic mass is 32.2. The second kappa shape index (κ2) is 9.63. The summed E-state index contributed by atoms with van der Waals surface area (Å²) in [6.07, 6.45) is 5.76. The minimum Gasteiger partial charge on any atom is -0.347 e. The number of benzene rings is 2. The van der Waals surface area contributed by atoms with E-state index >= 15 is 0 Å². The molecule has 1 atom stereocenters. The van der Waals surface area contributed by atoms with Crippen LogP contribution < -0.4 is 5.32 Å². The summed E-state index contributed by atoms with van der Waals surface area (Å²) >= 11 is 0. The van der Waals surface area contributed by atoms with Crippen LogP contribution in [0, 0.1) is 0 Å². The summed E-state index contributed by atoms with van der Waals surface area (Å²) in [7, 11) is -0.946. The van der Waals surface area contributed by atoms with E-state index in [-0.39, 0.29) is 11.4 Å². The van der Waals surface area contributed by atoms with Crippen molar-refractivity contribution in [2.24, 2.45) is 0 Å². The first-order valence-corrected chi connectivity index (χ1v) is 12.8. The molecule has 5 nitrogen and oxygen atoms in total. The quantitative estimate of drug-likeness (QED) is 0.773. The van der Waals surface area contributed by atoms with E-state index in [1.807, 2.05) is 18.2 Å². The predicted molar refractivity (Wildman–Crippen MR) is 125 cm³/mol. The zero-order valence-electron chi connectivity index (χ0n) is 18.5. The number of hydrogen-bond donors (Lipinski definition) is 1. The fraction of sp³-hybridized carbons (Fsp3) is 0.480. The van der Waals surface area contributed by atoms with Gasteiger partial charge in [0, 0.05) is 44.3 Å². The first kappa shape index (κ1) is 22.2. The highest BCUT2D eigenvalue weighted by Crippen LogP contribution is 2.36. The van der Waals surface area contributed by atoms with Gasteiger partial charge in [0.25, 0.3) is 0 Å². The Kier molecular flexibility index (Phi) is 6.89. The Morgan fingerprint density at radius 2 is 1.52 bits per heavy atom. The van der Waals surface area contributed by atoms with E-state index in [2.05, 4.69) is 51.7 Å². The molecule has 6 heteroatoms. The molecule has 0 saturated carbocycles. The molecule has 1 amide bonds. The maximum atomic E-state index is 12.1. The van der Waals surface area contributed by atoms with Crippen LogP contribution in [0.1, 0.15) is 49.7 Å². The average Bonchev–Trinajstić information content (AvgIpc) is 2.80. The number of nitrogens with one attached hydrogen (secondary N) is 1. The standard InChI is InChI=1S/C25H33N3O2S/c1-20(29)26-25(22-8-4-3-5-9-22)14-18-28(19-15-25)27-16-12-21(13-17-27)23-10-6-7-11-24(23)31(2)30/h3-11,21H,12-19H2,1-2H3,(H,26,29). The number of hydrogen-bond acceptors (Lipinski definition) is 4. The third-order valence-electron chi connectivity index (χ3n) is 6.87. The van der Waals surface area contributed by atoms with Crippen LogP contribution in [0.2, 0.25) is 0 Å². The molecule has 166 valence electrons. The van der Waals surface area contributed by atoms with Gasteiger partial charge in [-0.15, -0.1) is 0 Å². The lowest BCUT2D eigenvalue weighted by Crippen LogP contribution is -2.57. The fourth-order valence-electron chi connectivity index (χ4n) is 5.28. The van der Waals surface area contributed by atoms with Gasteiger partial charge in [0.1, 0.15) is 0 Å². The van der Waals surface area contributed by atoms with Crippen molar-refractivity contribution in [1.82, 2.24) is 15.3 Å². The van der Waals surface area contributed by atoms with Crippen LogP contribution in [0.25, 0.3) is 0 Å². The number of rotatable bonds is 5. The minimum absolute atomic E-state index is 0.0325. The van der Waals surface area contributed by atoms with Crippen molar-refractivity contribution in [1.29, 1.82) is 0 Å². The average molecular weight is 440 g/mol. The van der Waals surface area contributed by atoms with Crippen LogP contribution in [-0.2, 0) is 21.1 Å². The van der Waals surface area contributed by atoms with E-state index < -0.39 is 10.8 Å². The second-order valence-corrected chi connectivity index (χ2v) is 10.2. The van der Waals surface area contributed by atoms with Crippen molar-refractivity contribution >= 4 is 16.7 Å². The van der Waals surface area contributed by atoms with E-state index in [4.69, 9.17) is 0 Å². The molecule has 0 aromatic heterocycles. The van der Waals surface area contributed by atoms with E-state index in [1.165, 1.54) is 11.1 Å². The normalized spacial score (nSPS) is 21.5. The highest BCUT2D eigenvalue weighted by Gasteiger charge is 2.38. The molecule has 31 heavy (non-hydrogen) atoms. The summed E-state index contributed by atoms with van der Waals surface area (Å²) in [5, 5.41) is 8.23. The molecule has 2 saturated heterocycles. The third kappa shape index (κ3) is 4.92. The largest absolute Gasteiger partial charge is 0.347 e. The Balaban J connectivity index is 1.39. The van der Waals surface area contributed by atoms with Crippen LogP contribution in [-0.4, -0.2) is 52.6 Å². The smallest absolute Gasteiger partial charge is 0.217 e. The molecule has 2 aromatic rings. The number of nitrogens with zero attached hydrogens (tertiary/aromatic N) is 2. The molecule has 4 rings (SSSR count). The SMILES string of the molecule is CC(=O)NC1(c2ccccc2)CCN(N2CCC(c3ccccc3S(C)=O)CC2)CC1. The first-order valence-electron chi connectivity index (χ1n) is 11.2. The molecule has 0 aliphatic carbocycles. The number of carbonyl (C=O) groups excluding carboxylic acids is 1. The van der Waals surface area contributed by atoms with Gasteiger partial charge in [-0.25, -0.2) is 10.0 Å². The molecule has 1 N–H and O–H groups in total. The lowest BCUT2D eigenvalue weighted by atomic mass is 9.81. The van der Waals surface area contributed by atoms with Gasteiger partial charge in [0.15, 0.2) is 0 Å². The van der Waals surface area contributed by atoms with E-state index in [9.17, 15) is 9.00 Å². The third-order valence-corrected chi connectivity index (χ3v) is 7.87. The molecule has 2 heterocycles. The van der Waals surface area contributed by atoms with Crippen molar-refractivity contribution in [3.63, 3.8) is 0 Å². The molecule has 2 aromatic carbocycles. The molecule has 0 spiro atoms. The van der Waals surface area contributed by atoms with E-state index in [0.717, 1.165) is 56.8 Å². The zero-order valence-corrected chi connectivity index (χ0v) is 19.4. The minimum atomic E-state index is -0.946. The van der Waals surface area contributed by atoms with Crippen molar-refractivity contribution in [3.8, 4) is 0 Å². The summed E-state index contributed by atoms with van der Waals surface area (Å²) in [4.78, 5) is 13.0. The number of amides is 1. The van der Waals surface area contributed by atoms with Crippen molar-refractivity contribution in [2.45, 2.75) is 49.0 Å². The van der Waals surface area contributed by atoms with Gasteiger partial charge in [-0.05, 0) is 48.8 Å². The maximum absolute atomic E-state index is 12.1. The van der Waals surface area contributed by atoms with Crippen molar-refractivity contribution in [2.75, 3.05) is 32.4 Å². The highest BCUT2D eigenvalue weighted by molar-refractivity contribution is 7.84. The topological polar surface area (TPSA) is 52.7 Å². The molecule has 0 radical (unpaired) electrons. The van der Waals surface area contributed by atoms with Crippen LogP contribution in [0.15, 0.2) is 59.5 Å². The Labute approximate surface area is 188 Å². The van der Waals surface area contributed by atoms with Gasteiger partial charge in [-0.2, -0.15) is 0 Å². The summed E-state index contributed by atoms with van der Waals surface area (Å²) in [5.74, 6) is 0.508. The maximum Gasteiger partial charge on any atom is 0.217 e. The van der Waals surface area contributed by atoms with Gasteiger partial charge in [-0.1, -0.05) is 48.5 Å². The lowest BCUT2D eigenvalue weighted by molar-refractivity contribution is -0.123. The van der Waals surface area contributed by atoms with Gasteiger partial charge in [-0.3, -0.25) is 9.00 Å². The first-order chi connectivity index (χ1) is 15.0. The molecule has 2 fully saturated rings. The van der Waals surface area contributed by atoms with E-state index in [1.54, 1.807) is 13.2 Å². The fourth-order valence-corrected chi connectivity index (χ4v) is 6.12. The van der Waals surface area contributed by atoms with Crippen LogP contribution >= 0.6 is 0 Å². The summed E-state index contributed by atoms with van der Waals surface area (Å²) in [6.45, 7) is 5.54. The van der Waals surface area contributed by atoms with Crippen LogP contribution in [0.3, 0.4) is 0 Å². The molecule has 1 unspecified atom stereocenters. The number of piperidine rings is 2. The molecule has 2 aliphatic rings. The Bertz CT molecular complexity index is 917. The number of carbonyl (C=O) groups is 1. The van der Waals surface area contributed by atoms with Crippen LogP contribution in [0.4, 0.5) is 0 Å². The van der Waals surface area contributed by atoms with Gasteiger partial charge >= 0.3 is 0 Å². The van der Waals surface area contributed by atoms with Crippen molar-refractivity contribution in [3.05, 3.63) is 65.7 Å². The monoisotopic (exact) mass is 439 g/mol. The molecular weight excluding hydrogens is 406 g/mol. The zero-order chi connectivity index (χ0) is 21.8. The Morgan fingerprint density at radius 1 is 0.935 bits per heavy atom. The summed E-state index contributed by atoms with van der Waals surface area (Å²) in [5.41, 5.74) is 2.19. The van der Waals surface area contributed by atoms with Gasteiger partial charge in [0.2, 0.25) is 5.91 Å². The van der Waals surface area contributed by atoms with E-state index in [0.29, 0.717) is 5.92 Å². The predicted octanol–water partition coefficient (Wildman–Crippen LogP) is 3.65. The Morgan fingerprint density at radius 3 is 2.13 bits per heavy atom. The molecular formula is C25H33N3O2S. The van der Waals surface area contributed by atoms with Gasteiger partial charge in [0.05, 0.1) is 16.3 Å².